The monoisotopic (exact) mass is 338 g/mol. The van der Waals surface area contributed by atoms with Gasteiger partial charge in [-0.05, 0) is 24.3 Å². The summed E-state index contributed by atoms with van der Waals surface area (Å²) in [6, 6.07) is 1.47. The van der Waals surface area contributed by atoms with Crippen LogP contribution in [0.4, 0.5) is 4.79 Å². The minimum absolute atomic E-state index is 0.334. The maximum atomic E-state index is 12.0. The lowest BCUT2D eigenvalue weighted by molar-refractivity contribution is -0.119. The first-order chi connectivity index (χ1) is 10.5. The van der Waals surface area contributed by atoms with Crippen LogP contribution in [0.5, 0.6) is 0 Å². The molecule has 6 nitrogen and oxygen atoms in total. The Morgan fingerprint density at radius 1 is 1.32 bits per heavy atom. The fraction of sp³-hybridized carbons (Fsp3) is 0.429. The number of carbonyl (C=O) groups excluding carboxylic acids is 2. The Kier molecular flexibility index (Phi) is 5.73. The fourth-order valence-electron chi connectivity index (χ4n) is 1.64. The number of aromatic nitrogens is 2. The normalized spacial score (nSPS) is 12.4. The molecule has 22 heavy (non-hydrogen) atoms. The summed E-state index contributed by atoms with van der Waals surface area (Å²) in [6.45, 7) is 6.25. The highest BCUT2D eigenvalue weighted by atomic mass is 32.2. The van der Waals surface area contributed by atoms with Crippen LogP contribution in [0.15, 0.2) is 22.8 Å². The number of thioether (sulfide) groups is 1. The number of hydrogen-bond acceptors (Lipinski definition) is 6. The zero-order valence-electron chi connectivity index (χ0n) is 12.6. The van der Waals surface area contributed by atoms with Gasteiger partial charge in [0, 0.05) is 11.9 Å². The van der Waals surface area contributed by atoms with Gasteiger partial charge in [0.2, 0.25) is 5.91 Å². The van der Waals surface area contributed by atoms with Crippen LogP contribution in [0.1, 0.15) is 20.8 Å². The fourth-order valence-corrected chi connectivity index (χ4v) is 3.33. The molecule has 2 aromatic heterocycles. The van der Waals surface area contributed by atoms with Crippen molar-refractivity contribution in [3.05, 3.63) is 17.8 Å². The summed E-state index contributed by atoms with van der Waals surface area (Å²) in [6.07, 6.45) is 1.49. The standard InChI is InChI=1S/C14H18N4O2S2/c1-8(2)6-15-14(20)18-11(19)9(3)22-13-10-4-5-21-12(10)16-7-17-13/h4-5,7-9H,6H2,1-3H3,(H2,15,18,19,20)/t9-/m0/s1. The quantitative estimate of drug-likeness (QED) is 0.647. The molecule has 0 aliphatic carbocycles. The summed E-state index contributed by atoms with van der Waals surface area (Å²) < 4.78 is 0. The Bertz CT molecular complexity index is 672. The Hall–Kier alpha value is -1.67. The molecular formula is C14H18N4O2S2. The molecule has 0 spiro atoms. The second-order valence-corrected chi connectivity index (χ2v) is 7.40. The first-order valence-electron chi connectivity index (χ1n) is 6.91. The van der Waals surface area contributed by atoms with E-state index < -0.39 is 11.3 Å². The van der Waals surface area contributed by atoms with Gasteiger partial charge in [0.15, 0.2) is 0 Å². The van der Waals surface area contributed by atoms with Gasteiger partial charge in [-0.15, -0.1) is 11.3 Å². The lowest BCUT2D eigenvalue weighted by atomic mass is 10.2. The molecule has 2 aromatic rings. The highest BCUT2D eigenvalue weighted by molar-refractivity contribution is 8.00. The first kappa shape index (κ1) is 16.7. The van der Waals surface area contributed by atoms with Crippen LogP contribution in [-0.2, 0) is 4.79 Å². The largest absolute Gasteiger partial charge is 0.338 e. The van der Waals surface area contributed by atoms with Gasteiger partial charge in [-0.3, -0.25) is 10.1 Å². The molecular weight excluding hydrogens is 320 g/mol. The molecule has 0 unspecified atom stereocenters. The van der Waals surface area contributed by atoms with E-state index in [-0.39, 0.29) is 5.91 Å². The van der Waals surface area contributed by atoms with Gasteiger partial charge in [-0.2, -0.15) is 0 Å². The van der Waals surface area contributed by atoms with Crippen molar-refractivity contribution >= 4 is 45.3 Å². The number of urea groups is 1. The number of hydrogen-bond donors (Lipinski definition) is 2. The van der Waals surface area contributed by atoms with E-state index >= 15 is 0 Å². The van der Waals surface area contributed by atoms with E-state index in [0.29, 0.717) is 12.5 Å². The van der Waals surface area contributed by atoms with Crippen molar-refractivity contribution in [3.8, 4) is 0 Å². The molecule has 2 N–H and O–H groups in total. The first-order valence-corrected chi connectivity index (χ1v) is 8.67. The molecule has 3 amide bonds. The van der Waals surface area contributed by atoms with Crippen LogP contribution in [0.3, 0.4) is 0 Å². The Morgan fingerprint density at radius 2 is 2.09 bits per heavy atom. The average Bonchev–Trinajstić information content (AvgIpc) is 2.94. The van der Waals surface area contributed by atoms with E-state index in [1.807, 2.05) is 25.3 Å². The van der Waals surface area contributed by atoms with E-state index in [1.165, 1.54) is 29.4 Å². The SMILES string of the molecule is CC(C)CNC(=O)NC(=O)[C@H](C)Sc1ncnc2sccc12. The van der Waals surface area contributed by atoms with Crippen LogP contribution < -0.4 is 10.6 Å². The predicted octanol–water partition coefficient (Wildman–Crippen LogP) is 2.65. The molecule has 2 rings (SSSR count). The van der Waals surface area contributed by atoms with Gasteiger partial charge in [0.25, 0.3) is 0 Å². The molecule has 8 heteroatoms. The van der Waals surface area contributed by atoms with Crippen molar-refractivity contribution in [2.75, 3.05) is 6.54 Å². The minimum Gasteiger partial charge on any atom is -0.338 e. The summed E-state index contributed by atoms with van der Waals surface area (Å²) in [5, 5.41) is 8.19. The number of thiophene rings is 1. The van der Waals surface area contributed by atoms with Gasteiger partial charge in [0.1, 0.15) is 16.2 Å². The third-order valence-electron chi connectivity index (χ3n) is 2.79. The van der Waals surface area contributed by atoms with Gasteiger partial charge in [-0.1, -0.05) is 25.6 Å². The van der Waals surface area contributed by atoms with E-state index in [1.54, 1.807) is 6.92 Å². The summed E-state index contributed by atoms with van der Waals surface area (Å²) in [5.41, 5.74) is 0. The van der Waals surface area contributed by atoms with Crippen LogP contribution in [0.25, 0.3) is 10.2 Å². The molecule has 0 bridgehead atoms. The topological polar surface area (TPSA) is 84.0 Å². The number of rotatable bonds is 5. The van der Waals surface area contributed by atoms with Crippen molar-refractivity contribution < 1.29 is 9.59 Å². The number of nitrogens with zero attached hydrogens (tertiary/aromatic N) is 2. The number of fused-ring (bicyclic) bond motifs is 1. The summed E-state index contributed by atoms with van der Waals surface area (Å²) in [7, 11) is 0. The number of imide groups is 1. The van der Waals surface area contributed by atoms with Crippen LogP contribution >= 0.6 is 23.1 Å². The Labute approximate surface area is 137 Å². The molecule has 0 saturated carbocycles. The second-order valence-electron chi connectivity index (χ2n) is 5.17. The van der Waals surface area contributed by atoms with Crippen LogP contribution in [0, 0.1) is 5.92 Å². The third kappa shape index (κ3) is 4.41. The van der Waals surface area contributed by atoms with Crippen molar-refractivity contribution in [2.45, 2.75) is 31.0 Å². The van der Waals surface area contributed by atoms with Crippen molar-refractivity contribution in [1.82, 2.24) is 20.6 Å². The van der Waals surface area contributed by atoms with Crippen molar-refractivity contribution in [1.29, 1.82) is 0 Å². The molecule has 0 radical (unpaired) electrons. The molecule has 118 valence electrons. The lowest BCUT2D eigenvalue weighted by Crippen LogP contribution is -2.43. The van der Waals surface area contributed by atoms with Crippen molar-refractivity contribution in [2.24, 2.45) is 5.92 Å². The van der Waals surface area contributed by atoms with Crippen LogP contribution in [-0.4, -0.2) is 33.7 Å². The molecule has 0 aliphatic heterocycles. The van der Waals surface area contributed by atoms with E-state index in [4.69, 9.17) is 0 Å². The van der Waals surface area contributed by atoms with Gasteiger partial charge in [0.05, 0.1) is 5.25 Å². The summed E-state index contributed by atoms with van der Waals surface area (Å²) in [5.74, 6) is -0.00575. The summed E-state index contributed by atoms with van der Waals surface area (Å²) >= 11 is 2.84. The molecule has 2 heterocycles. The maximum Gasteiger partial charge on any atom is 0.321 e. The van der Waals surface area contributed by atoms with Gasteiger partial charge >= 0.3 is 6.03 Å². The third-order valence-corrected chi connectivity index (χ3v) is 4.73. The molecule has 0 saturated heterocycles. The Morgan fingerprint density at radius 3 is 2.82 bits per heavy atom. The van der Waals surface area contributed by atoms with Crippen LogP contribution in [0.2, 0.25) is 0 Å². The molecule has 1 atom stereocenters. The minimum atomic E-state index is -0.463. The van der Waals surface area contributed by atoms with E-state index in [0.717, 1.165) is 15.2 Å². The van der Waals surface area contributed by atoms with E-state index in [9.17, 15) is 9.59 Å². The Balaban J connectivity index is 1.94. The van der Waals surface area contributed by atoms with Gasteiger partial charge in [-0.25, -0.2) is 14.8 Å². The molecule has 0 aromatic carbocycles. The number of carbonyl (C=O) groups is 2. The molecule has 0 aliphatic rings. The lowest BCUT2D eigenvalue weighted by Gasteiger charge is -2.12. The maximum absolute atomic E-state index is 12.0. The average molecular weight is 338 g/mol. The molecule has 0 fully saturated rings. The number of amides is 3. The summed E-state index contributed by atoms with van der Waals surface area (Å²) in [4.78, 5) is 32.9. The smallest absolute Gasteiger partial charge is 0.321 e. The zero-order chi connectivity index (χ0) is 16.1. The second kappa shape index (κ2) is 7.55. The predicted molar refractivity (Wildman–Crippen MR) is 89.1 cm³/mol. The highest BCUT2D eigenvalue weighted by Gasteiger charge is 2.19. The van der Waals surface area contributed by atoms with Gasteiger partial charge < -0.3 is 5.32 Å². The zero-order valence-corrected chi connectivity index (χ0v) is 14.3. The number of nitrogens with one attached hydrogen (secondary N) is 2. The highest BCUT2D eigenvalue weighted by Crippen LogP contribution is 2.30. The van der Waals surface area contributed by atoms with E-state index in [2.05, 4.69) is 20.6 Å². The van der Waals surface area contributed by atoms with Crippen molar-refractivity contribution in [3.63, 3.8) is 0 Å².